The van der Waals surface area contributed by atoms with Crippen molar-refractivity contribution in [3.8, 4) is 0 Å². The van der Waals surface area contributed by atoms with E-state index in [1.165, 1.54) is 0 Å². The van der Waals surface area contributed by atoms with E-state index in [0.29, 0.717) is 13.1 Å². The van der Waals surface area contributed by atoms with E-state index in [1.54, 1.807) is 11.1 Å². The van der Waals surface area contributed by atoms with E-state index in [0.717, 1.165) is 23.9 Å². The first-order valence-electron chi connectivity index (χ1n) is 7.83. The lowest BCUT2D eigenvalue weighted by Crippen LogP contribution is -2.33. The zero-order valence-corrected chi connectivity index (χ0v) is 14.6. The van der Waals surface area contributed by atoms with Crippen molar-refractivity contribution in [2.45, 2.75) is 19.4 Å². The first kappa shape index (κ1) is 18.1. The average molecular weight is 346 g/mol. The second-order valence-corrected chi connectivity index (χ2v) is 8.01. The second-order valence-electron chi connectivity index (χ2n) is 5.75. The summed E-state index contributed by atoms with van der Waals surface area (Å²) in [5.41, 5.74) is 1.93. The molecular formula is C18H22N2O3S. The number of carbonyl (C=O) groups is 1. The first-order valence-corrected chi connectivity index (χ1v) is 9.89. The lowest BCUT2D eigenvalue weighted by molar-refractivity contribution is -0.131. The highest BCUT2D eigenvalue weighted by molar-refractivity contribution is 7.90. The SMILES string of the molecule is CS(=O)(=O)CCC(=O)N(CCc1ccccc1)Cc1ccccn1. The maximum atomic E-state index is 12.4. The van der Waals surface area contributed by atoms with Crippen LogP contribution in [0.1, 0.15) is 17.7 Å². The minimum Gasteiger partial charge on any atom is -0.336 e. The van der Waals surface area contributed by atoms with Crippen molar-refractivity contribution >= 4 is 15.7 Å². The number of amides is 1. The number of hydrogen-bond donors (Lipinski definition) is 0. The fourth-order valence-electron chi connectivity index (χ4n) is 2.32. The smallest absolute Gasteiger partial charge is 0.223 e. The Balaban J connectivity index is 2.04. The number of carbonyl (C=O) groups excluding carboxylic acids is 1. The molecule has 128 valence electrons. The standard InChI is InChI=1S/C18H22N2O3S/c1-24(22,23)14-11-18(21)20(15-17-9-5-6-12-19-17)13-10-16-7-3-2-4-8-16/h2-9,12H,10-11,13-15H2,1H3. The quantitative estimate of drug-likeness (QED) is 0.734. The van der Waals surface area contributed by atoms with Crippen LogP contribution in [0.25, 0.3) is 0 Å². The molecule has 1 aromatic carbocycles. The van der Waals surface area contributed by atoms with Crippen LogP contribution in [0.5, 0.6) is 0 Å². The van der Waals surface area contributed by atoms with Crippen molar-refractivity contribution in [2.24, 2.45) is 0 Å². The van der Waals surface area contributed by atoms with Gasteiger partial charge in [-0.2, -0.15) is 0 Å². The van der Waals surface area contributed by atoms with Gasteiger partial charge in [0, 0.05) is 25.4 Å². The molecule has 0 saturated heterocycles. The van der Waals surface area contributed by atoms with Gasteiger partial charge in [-0.05, 0) is 24.1 Å². The Labute approximate surface area is 143 Å². The van der Waals surface area contributed by atoms with E-state index < -0.39 is 9.84 Å². The third kappa shape index (κ3) is 6.50. The van der Waals surface area contributed by atoms with Gasteiger partial charge in [-0.3, -0.25) is 9.78 Å². The van der Waals surface area contributed by atoms with Gasteiger partial charge in [0.05, 0.1) is 18.0 Å². The molecule has 0 aliphatic carbocycles. The summed E-state index contributed by atoms with van der Waals surface area (Å²) in [6, 6.07) is 15.5. The van der Waals surface area contributed by atoms with Crippen LogP contribution in [0.4, 0.5) is 0 Å². The number of aromatic nitrogens is 1. The van der Waals surface area contributed by atoms with Gasteiger partial charge < -0.3 is 4.90 Å². The van der Waals surface area contributed by atoms with Crippen LogP contribution in [0, 0.1) is 0 Å². The summed E-state index contributed by atoms with van der Waals surface area (Å²) in [5.74, 6) is -0.294. The summed E-state index contributed by atoms with van der Waals surface area (Å²) < 4.78 is 22.6. The Morgan fingerprint density at radius 1 is 1.08 bits per heavy atom. The molecule has 1 amide bonds. The zero-order chi connectivity index (χ0) is 17.4. The van der Waals surface area contributed by atoms with Crippen LogP contribution in [-0.4, -0.2) is 42.8 Å². The van der Waals surface area contributed by atoms with Crippen LogP contribution in [0.2, 0.25) is 0 Å². The van der Waals surface area contributed by atoms with Crippen molar-refractivity contribution in [1.82, 2.24) is 9.88 Å². The highest BCUT2D eigenvalue weighted by Crippen LogP contribution is 2.08. The fourth-order valence-corrected chi connectivity index (χ4v) is 2.86. The maximum Gasteiger partial charge on any atom is 0.223 e. The molecule has 2 rings (SSSR count). The third-order valence-corrected chi connectivity index (χ3v) is 4.58. The van der Waals surface area contributed by atoms with Crippen LogP contribution in [0.15, 0.2) is 54.7 Å². The summed E-state index contributed by atoms with van der Waals surface area (Å²) in [5, 5.41) is 0. The summed E-state index contributed by atoms with van der Waals surface area (Å²) in [6.45, 7) is 0.916. The topological polar surface area (TPSA) is 67.3 Å². The minimum absolute atomic E-state index is 0.000453. The van der Waals surface area contributed by atoms with E-state index in [4.69, 9.17) is 0 Å². The lowest BCUT2D eigenvalue weighted by Gasteiger charge is -2.22. The molecular weight excluding hydrogens is 324 g/mol. The molecule has 0 bridgehead atoms. The molecule has 0 aliphatic rings. The number of hydrogen-bond acceptors (Lipinski definition) is 4. The minimum atomic E-state index is -3.16. The molecule has 0 aliphatic heterocycles. The number of benzene rings is 1. The van der Waals surface area contributed by atoms with E-state index in [9.17, 15) is 13.2 Å². The zero-order valence-electron chi connectivity index (χ0n) is 13.8. The van der Waals surface area contributed by atoms with E-state index in [1.807, 2.05) is 48.5 Å². The molecule has 1 aromatic heterocycles. The predicted molar refractivity (Wildman–Crippen MR) is 94.1 cm³/mol. The van der Waals surface area contributed by atoms with Gasteiger partial charge in [-0.25, -0.2) is 8.42 Å². The summed E-state index contributed by atoms with van der Waals surface area (Å²) in [7, 11) is -3.16. The molecule has 6 heteroatoms. The van der Waals surface area contributed by atoms with Crippen LogP contribution >= 0.6 is 0 Å². The Morgan fingerprint density at radius 2 is 1.79 bits per heavy atom. The van der Waals surface area contributed by atoms with Gasteiger partial charge in [0.1, 0.15) is 9.84 Å². The number of rotatable bonds is 8. The molecule has 5 nitrogen and oxygen atoms in total. The number of sulfone groups is 1. The molecule has 0 fully saturated rings. The van der Waals surface area contributed by atoms with Crippen molar-refractivity contribution in [2.75, 3.05) is 18.6 Å². The summed E-state index contributed by atoms with van der Waals surface area (Å²) in [4.78, 5) is 18.4. The third-order valence-electron chi connectivity index (χ3n) is 3.63. The first-order chi connectivity index (χ1) is 11.4. The normalized spacial score (nSPS) is 11.2. The molecule has 0 saturated carbocycles. The van der Waals surface area contributed by atoms with Crippen molar-refractivity contribution in [1.29, 1.82) is 0 Å². The Bertz CT molecular complexity index is 746. The number of nitrogens with zero attached hydrogens (tertiary/aromatic N) is 2. The van der Waals surface area contributed by atoms with Crippen molar-refractivity contribution < 1.29 is 13.2 Å². The molecule has 0 spiro atoms. The molecule has 0 atom stereocenters. The lowest BCUT2D eigenvalue weighted by atomic mass is 10.1. The summed E-state index contributed by atoms with van der Waals surface area (Å²) >= 11 is 0. The predicted octanol–water partition coefficient (Wildman–Crippen LogP) is 2.09. The second kappa shape index (κ2) is 8.59. The number of pyridine rings is 1. The van der Waals surface area contributed by atoms with Gasteiger partial charge in [0.2, 0.25) is 5.91 Å². The molecule has 0 radical (unpaired) electrons. The summed E-state index contributed by atoms with van der Waals surface area (Å²) in [6.07, 6.45) is 3.55. The van der Waals surface area contributed by atoms with Crippen LogP contribution in [-0.2, 0) is 27.6 Å². The molecule has 24 heavy (non-hydrogen) atoms. The highest BCUT2D eigenvalue weighted by Gasteiger charge is 2.16. The van der Waals surface area contributed by atoms with Gasteiger partial charge in [0.15, 0.2) is 0 Å². The van der Waals surface area contributed by atoms with E-state index in [2.05, 4.69) is 4.98 Å². The maximum absolute atomic E-state index is 12.4. The van der Waals surface area contributed by atoms with E-state index in [-0.39, 0.29) is 18.1 Å². The van der Waals surface area contributed by atoms with Crippen LogP contribution < -0.4 is 0 Å². The van der Waals surface area contributed by atoms with Gasteiger partial charge in [-0.15, -0.1) is 0 Å². The largest absolute Gasteiger partial charge is 0.336 e. The molecule has 2 aromatic rings. The monoisotopic (exact) mass is 346 g/mol. The van der Waals surface area contributed by atoms with Gasteiger partial charge >= 0.3 is 0 Å². The Kier molecular flexibility index (Phi) is 6.49. The van der Waals surface area contributed by atoms with Gasteiger partial charge in [0.25, 0.3) is 0 Å². The Hall–Kier alpha value is -2.21. The van der Waals surface area contributed by atoms with Gasteiger partial charge in [-0.1, -0.05) is 36.4 Å². The average Bonchev–Trinajstić information content (AvgIpc) is 2.57. The van der Waals surface area contributed by atoms with Crippen molar-refractivity contribution in [3.05, 3.63) is 66.0 Å². The van der Waals surface area contributed by atoms with Crippen molar-refractivity contribution in [3.63, 3.8) is 0 Å². The van der Waals surface area contributed by atoms with Crippen LogP contribution in [0.3, 0.4) is 0 Å². The Morgan fingerprint density at radius 3 is 2.42 bits per heavy atom. The molecule has 0 N–H and O–H groups in total. The molecule has 1 heterocycles. The fraction of sp³-hybridized carbons (Fsp3) is 0.333. The molecule has 0 unspecified atom stereocenters. The highest BCUT2D eigenvalue weighted by atomic mass is 32.2. The van der Waals surface area contributed by atoms with E-state index >= 15 is 0 Å².